The first-order valence-electron chi connectivity index (χ1n) is 9.28. The number of H-pyrrole nitrogens is 1. The molecule has 0 aliphatic carbocycles. The Kier molecular flexibility index (Phi) is 4.86. The van der Waals surface area contributed by atoms with E-state index < -0.39 is 0 Å². The van der Waals surface area contributed by atoms with Gasteiger partial charge in [-0.05, 0) is 31.0 Å². The number of aromatic amines is 1. The molecule has 0 spiro atoms. The molecule has 1 atom stereocenters. The lowest BCUT2D eigenvalue weighted by Gasteiger charge is -2.33. The summed E-state index contributed by atoms with van der Waals surface area (Å²) in [7, 11) is 0. The molecular weight excluding hydrogens is 342 g/mol. The number of piperidine rings is 1. The molecule has 3 heterocycles. The number of nitrogens with zero attached hydrogens (tertiary/aromatic N) is 4. The first-order valence-corrected chi connectivity index (χ1v) is 9.28. The lowest BCUT2D eigenvalue weighted by Crippen LogP contribution is -2.49. The van der Waals surface area contributed by atoms with Crippen LogP contribution in [0.2, 0.25) is 0 Å². The number of aryl methyl sites for hydroxylation is 1. The Balaban J connectivity index is 1.37. The molecule has 8 heteroatoms. The van der Waals surface area contributed by atoms with E-state index in [1.54, 1.807) is 18.6 Å². The van der Waals surface area contributed by atoms with Crippen LogP contribution in [0.3, 0.4) is 0 Å². The summed E-state index contributed by atoms with van der Waals surface area (Å²) in [5.74, 6) is 1.79. The molecule has 140 valence electrons. The third-order valence-electron chi connectivity index (χ3n) is 4.75. The molecule has 2 amide bonds. The summed E-state index contributed by atoms with van der Waals surface area (Å²) in [6.45, 7) is 3.71. The zero-order chi connectivity index (χ0) is 18.6. The van der Waals surface area contributed by atoms with Gasteiger partial charge >= 0.3 is 6.03 Å². The number of carbonyl (C=O) groups is 1. The number of amides is 2. The van der Waals surface area contributed by atoms with Gasteiger partial charge < -0.3 is 20.5 Å². The number of benzene rings is 1. The Morgan fingerprint density at radius 2 is 2.30 bits per heavy atom. The third kappa shape index (κ3) is 3.99. The smallest absolute Gasteiger partial charge is 0.319 e. The second-order valence-corrected chi connectivity index (χ2v) is 6.72. The maximum Gasteiger partial charge on any atom is 0.319 e. The number of aromatic nitrogens is 4. The standard InChI is InChI=1S/C19H23N7O/c1-2-17-24-15-6-5-13(10-16(15)25-17)22-19(27)23-14-4-3-9-26(12-14)18-11-20-7-8-21-18/h5-8,10-11,14H,2-4,9,12H2,1H3,(H,24,25)(H2,22,23,27)/t14-/m1/s1. The number of hydrogen-bond acceptors (Lipinski definition) is 5. The van der Waals surface area contributed by atoms with Crippen molar-refractivity contribution in [2.75, 3.05) is 23.3 Å². The molecule has 0 saturated carbocycles. The van der Waals surface area contributed by atoms with Crippen molar-refractivity contribution in [2.45, 2.75) is 32.2 Å². The Bertz CT molecular complexity index is 924. The predicted molar refractivity (Wildman–Crippen MR) is 105 cm³/mol. The van der Waals surface area contributed by atoms with Crippen molar-refractivity contribution in [3.63, 3.8) is 0 Å². The van der Waals surface area contributed by atoms with Gasteiger partial charge in [0.2, 0.25) is 0 Å². The van der Waals surface area contributed by atoms with Gasteiger partial charge in [0.05, 0.1) is 17.2 Å². The Morgan fingerprint density at radius 3 is 3.11 bits per heavy atom. The SMILES string of the molecule is CCc1nc2ccc(NC(=O)N[C@@H]3CCCN(c4cnccn4)C3)cc2[nH]1. The van der Waals surface area contributed by atoms with Gasteiger partial charge in [0.25, 0.3) is 0 Å². The molecule has 1 aliphatic rings. The van der Waals surface area contributed by atoms with Crippen molar-refractivity contribution in [2.24, 2.45) is 0 Å². The normalized spacial score (nSPS) is 17.1. The van der Waals surface area contributed by atoms with Crippen LogP contribution in [0.1, 0.15) is 25.6 Å². The van der Waals surface area contributed by atoms with E-state index in [1.165, 1.54) is 0 Å². The molecule has 0 bridgehead atoms. The van der Waals surface area contributed by atoms with E-state index in [2.05, 4.69) is 42.4 Å². The van der Waals surface area contributed by atoms with E-state index in [4.69, 9.17) is 0 Å². The highest BCUT2D eigenvalue weighted by molar-refractivity contribution is 5.92. The van der Waals surface area contributed by atoms with Crippen LogP contribution < -0.4 is 15.5 Å². The van der Waals surface area contributed by atoms with Gasteiger partial charge in [0.15, 0.2) is 0 Å². The Hall–Kier alpha value is -3.16. The number of fused-ring (bicyclic) bond motifs is 1. The fourth-order valence-electron chi connectivity index (χ4n) is 3.42. The second kappa shape index (κ2) is 7.61. The zero-order valence-electron chi connectivity index (χ0n) is 15.3. The number of imidazole rings is 1. The molecule has 1 aromatic carbocycles. The van der Waals surface area contributed by atoms with Crippen LogP contribution >= 0.6 is 0 Å². The van der Waals surface area contributed by atoms with E-state index in [-0.39, 0.29) is 12.1 Å². The Labute approximate surface area is 157 Å². The van der Waals surface area contributed by atoms with Crippen molar-refractivity contribution in [1.82, 2.24) is 25.3 Å². The fraction of sp³-hybridized carbons (Fsp3) is 0.368. The quantitative estimate of drug-likeness (QED) is 0.660. The molecule has 1 saturated heterocycles. The van der Waals surface area contributed by atoms with Crippen LogP contribution in [-0.4, -0.2) is 45.1 Å². The fourth-order valence-corrected chi connectivity index (χ4v) is 3.42. The molecule has 27 heavy (non-hydrogen) atoms. The molecule has 0 radical (unpaired) electrons. The van der Waals surface area contributed by atoms with Gasteiger partial charge in [-0.2, -0.15) is 0 Å². The van der Waals surface area contributed by atoms with Crippen LogP contribution in [0.15, 0.2) is 36.8 Å². The average molecular weight is 365 g/mol. The number of nitrogens with one attached hydrogen (secondary N) is 3. The van der Waals surface area contributed by atoms with E-state index >= 15 is 0 Å². The Morgan fingerprint density at radius 1 is 1.37 bits per heavy atom. The topological polar surface area (TPSA) is 98.8 Å². The van der Waals surface area contributed by atoms with Crippen molar-refractivity contribution >= 4 is 28.6 Å². The van der Waals surface area contributed by atoms with Crippen molar-refractivity contribution in [1.29, 1.82) is 0 Å². The van der Waals surface area contributed by atoms with Crippen molar-refractivity contribution in [3.05, 3.63) is 42.6 Å². The summed E-state index contributed by atoms with van der Waals surface area (Å²) in [5, 5.41) is 5.98. The highest BCUT2D eigenvalue weighted by Gasteiger charge is 2.22. The summed E-state index contributed by atoms with van der Waals surface area (Å²) in [5.41, 5.74) is 2.58. The number of hydrogen-bond donors (Lipinski definition) is 3. The summed E-state index contributed by atoms with van der Waals surface area (Å²) in [4.78, 5) is 30.8. The minimum absolute atomic E-state index is 0.0725. The van der Waals surface area contributed by atoms with Gasteiger partial charge in [0.1, 0.15) is 11.6 Å². The molecule has 0 unspecified atom stereocenters. The highest BCUT2D eigenvalue weighted by atomic mass is 16.2. The number of anilines is 2. The predicted octanol–water partition coefficient (Wildman–Crippen LogP) is 2.71. The molecule has 4 rings (SSSR count). The van der Waals surface area contributed by atoms with Gasteiger partial charge in [-0.15, -0.1) is 0 Å². The lowest BCUT2D eigenvalue weighted by molar-refractivity contribution is 0.246. The van der Waals surface area contributed by atoms with Gasteiger partial charge in [0, 0.05) is 43.6 Å². The van der Waals surface area contributed by atoms with Gasteiger partial charge in [-0.3, -0.25) is 4.98 Å². The van der Waals surface area contributed by atoms with E-state index in [1.807, 2.05) is 18.2 Å². The van der Waals surface area contributed by atoms with Gasteiger partial charge in [-0.1, -0.05) is 6.92 Å². The molecular formula is C19H23N7O. The minimum Gasteiger partial charge on any atom is -0.353 e. The molecule has 3 aromatic rings. The summed E-state index contributed by atoms with van der Waals surface area (Å²) in [6.07, 6.45) is 7.91. The lowest BCUT2D eigenvalue weighted by atomic mass is 10.1. The monoisotopic (exact) mass is 365 g/mol. The zero-order valence-corrected chi connectivity index (χ0v) is 15.3. The largest absolute Gasteiger partial charge is 0.353 e. The first kappa shape index (κ1) is 17.3. The molecule has 8 nitrogen and oxygen atoms in total. The second-order valence-electron chi connectivity index (χ2n) is 6.72. The third-order valence-corrected chi connectivity index (χ3v) is 4.75. The van der Waals surface area contributed by atoms with E-state index in [9.17, 15) is 4.79 Å². The van der Waals surface area contributed by atoms with Crippen LogP contribution in [0.5, 0.6) is 0 Å². The van der Waals surface area contributed by atoms with Crippen molar-refractivity contribution in [3.8, 4) is 0 Å². The molecule has 1 fully saturated rings. The van der Waals surface area contributed by atoms with Crippen LogP contribution in [0.4, 0.5) is 16.3 Å². The minimum atomic E-state index is -0.199. The maximum absolute atomic E-state index is 12.4. The van der Waals surface area contributed by atoms with Crippen LogP contribution in [0, 0.1) is 0 Å². The van der Waals surface area contributed by atoms with E-state index in [0.29, 0.717) is 0 Å². The molecule has 1 aliphatic heterocycles. The van der Waals surface area contributed by atoms with E-state index in [0.717, 1.165) is 60.7 Å². The maximum atomic E-state index is 12.4. The molecule has 2 aromatic heterocycles. The van der Waals surface area contributed by atoms with Gasteiger partial charge in [-0.25, -0.2) is 14.8 Å². The first-order chi connectivity index (χ1) is 13.2. The number of urea groups is 1. The summed E-state index contributed by atoms with van der Waals surface area (Å²) < 4.78 is 0. The number of rotatable bonds is 4. The summed E-state index contributed by atoms with van der Waals surface area (Å²) in [6, 6.07) is 5.57. The average Bonchev–Trinajstić information content (AvgIpc) is 3.11. The van der Waals surface area contributed by atoms with Crippen LogP contribution in [0.25, 0.3) is 11.0 Å². The van der Waals surface area contributed by atoms with Crippen LogP contribution in [-0.2, 0) is 6.42 Å². The highest BCUT2D eigenvalue weighted by Crippen LogP contribution is 2.19. The summed E-state index contributed by atoms with van der Waals surface area (Å²) >= 11 is 0. The number of carbonyl (C=O) groups excluding carboxylic acids is 1. The van der Waals surface area contributed by atoms with Crippen molar-refractivity contribution < 1.29 is 4.79 Å². The molecule has 3 N–H and O–H groups in total.